The zero-order valence-corrected chi connectivity index (χ0v) is 12.4. The molecule has 1 aromatic carbocycles. The molecule has 0 amide bonds. The summed E-state index contributed by atoms with van der Waals surface area (Å²) in [4.78, 5) is 1.50. The van der Waals surface area contributed by atoms with Gasteiger partial charge in [-0.15, -0.1) is 11.8 Å². The lowest BCUT2D eigenvalue weighted by atomic mass is 9.90. The Kier molecular flexibility index (Phi) is 5.58. The Morgan fingerprint density at radius 2 is 2.11 bits per heavy atom. The first kappa shape index (κ1) is 14.0. The smallest absolute Gasteiger partial charge is 0.0141 e. The van der Waals surface area contributed by atoms with Crippen molar-refractivity contribution in [3.63, 3.8) is 0 Å². The molecule has 0 bridgehead atoms. The van der Waals surface area contributed by atoms with E-state index in [1.165, 1.54) is 42.8 Å². The second-order valence-electron chi connectivity index (χ2n) is 5.20. The lowest BCUT2D eigenvalue weighted by Crippen LogP contribution is -2.32. The van der Waals surface area contributed by atoms with Crippen LogP contribution in [0.4, 0.5) is 0 Å². The molecule has 2 heteroatoms. The summed E-state index contributed by atoms with van der Waals surface area (Å²) in [7, 11) is 2.12. The van der Waals surface area contributed by atoms with Crippen LogP contribution in [0, 0.1) is 0 Å². The summed E-state index contributed by atoms with van der Waals surface area (Å²) in [5, 5.41) is 3.55. The van der Waals surface area contributed by atoms with Gasteiger partial charge in [0.1, 0.15) is 0 Å². The van der Waals surface area contributed by atoms with Gasteiger partial charge >= 0.3 is 0 Å². The second-order valence-corrected chi connectivity index (χ2v) is 6.26. The highest BCUT2D eigenvalue weighted by Gasteiger charge is 2.28. The van der Waals surface area contributed by atoms with E-state index in [0.29, 0.717) is 12.0 Å². The van der Waals surface area contributed by atoms with E-state index in [9.17, 15) is 0 Å². The van der Waals surface area contributed by atoms with E-state index in [4.69, 9.17) is 0 Å². The molecule has 0 aromatic heterocycles. The van der Waals surface area contributed by atoms with Gasteiger partial charge in [-0.25, -0.2) is 0 Å². The molecule has 18 heavy (non-hydrogen) atoms. The predicted octanol–water partition coefficient (Wildman–Crippen LogP) is 4.43. The number of hydrogen-bond acceptors (Lipinski definition) is 2. The van der Waals surface area contributed by atoms with Crippen molar-refractivity contribution in [2.75, 3.05) is 12.8 Å². The minimum atomic E-state index is 0.651. The fourth-order valence-electron chi connectivity index (χ4n) is 2.86. The van der Waals surface area contributed by atoms with Crippen LogP contribution in [0.3, 0.4) is 0 Å². The minimum absolute atomic E-state index is 0.651. The molecule has 1 aromatic rings. The first-order chi connectivity index (χ1) is 8.86. The zero-order chi connectivity index (χ0) is 12.8. The van der Waals surface area contributed by atoms with Crippen LogP contribution in [0.2, 0.25) is 0 Å². The van der Waals surface area contributed by atoms with Crippen LogP contribution in [0.15, 0.2) is 29.2 Å². The van der Waals surface area contributed by atoms with Crippen molar-refractivity contribution in [1.82, 2.24) is 5.32 Å². The summed E-state index contributed by atoms with van der Waals surface area (Å²) in [5.41, 5.74) is 1.57. The molecule has 2 unspecified atom stereocenters. The molecular weight excluding hydrogens is 238 g/mol. The van der Waals surface area contributed by atoms with Crippen LogP contribution < -0.4 is 5.32 Å². The standard InChI is InChI=1S/C16H25NS/c1-3-4-5-6-10-15(17-2)14-12-18-16-11-8-7-9-13(14)16/h7-9,11,14-15,17H,3-6,10,12H2,1-2H3. The maximum absolute atomic E-state index is 3.55. The monoisotopic (exact) mass is 263 g/mol. The second kappa shape index (κ2) is 7.20. The maximum Gasteiger partial charge on any atom is 0.0141 e. The Balaban J connectivity index is 1.93. The fraction of sp³-hybridized carbons (Fsp3) is 0.625. The third-order valence-electron chi connectivity index (χ3n) is 3.96. The molecule has 0 spiro atoms. The van der Waals surface area contributed by atoms with Gasteiger partial charge in [-0.05, 0) is 25.1 Å². The normalized spacial score (nSPS) is 19.8. The van der Waals surface area contributed by atoms with E-state index in [-0.39, 0.29) is 0 Å². The Hall–Kier alpha value is -0.470. The summed E-state index contributed by atoms with van der Waals surface area (Å²) >= 11 is 2.02. The minimum Gasteiger partial charge on any atom is -0.316 e. The van der Waals surface area contributed by atoms with Crippen LogP contribution in [0.1, 0.15) is 50.5 Å². The average Bonchev–Trinajstić information content (AvgIpc) is 2.83. The largest absolute Gasteiger partial charge is 0.316 e. The molecule has 2 atom stereocenters. The average molecular weight is 263 g/mol. The van der Waals surface area contributed by atoms with Gasteiger partial charge in [0, 0.05) is 22.6 Å². The number of thioether (sulfide) groups is 1. The van der Waals surface area contributed by atoms with Crippen molar-refractivity contribution < 1.29 is 0 Å². The van der Waals surface area contributed by atoms with Crippen molar-refractivity contribution in [3.8, 4) is 0 Å². The lowest BCUT2D eigenvalue weighted by molar-refractivity contribution is 0.438. The molecule has 0 fully saturated rings. The summed E-state index contributed by atoms with van der Waals surface area (Å²) in [6.45, 7) is 2.28. The highest BCUT2D eigenvalue weighted by Crippen LogP contribution is 2.41. The predicted molar refractivity (Wildman–Crippen MR) is 81.5 cm³/mol. The first-order valence-corrected chi connectivity index (χ1v) is 8.24. The van der Waals surface area contributed by atoms with E-state index in [1.54, 1.807) is 5.56 Å². The molecule has 1 N–H and O–H groups in total. The summed E-state index contributed by atoms with van der Waals surface area (Å²) in [5.74, 6) is 1.95. The summed E-state index contributed by atoms with van der Waals surface area (Å²) < 4.78 is 0. The van der Waals surface area contributed by atoms with Crippen LogP contribution in [0.5, 0.6) is 0 Å². The highest BCUT2D eigenvalue weighted by atomic mass is 32.2. The molecule has 100 valence electrons. The number of benzene rings is 1. The van der Waals surface area contributed by atoms with Gasteiger partial charge in [0.05, 0.1) is 0 Å². The number of likely N-dealkylation sites (N-methyl/N-ethyl adjacent to an activating group) is 1. The maximum atomic E-state index is 3.55. The summed E-state index contributed by atoms with van der Waals surface area (Å²) in [6.07, 6.45) is 6.77. The zero-order valence-electron chi connectivity index (χ0n) is 11.6. The van der Waals surface area contributed by atoms with E-state index in [0.717, 1.165) is 0 Å². The van der Waals surface area contributed by atoms with E-state index >= 15 is 0 Å². The number of rotatable bonds is 7. The Morgan fingerprint density at radius 1 is 1.28 bits per heavy atom. The Labute approximate surface area is 116 Å². The van der Waals surface area contributed by atoms with Gasteiger partial charge < -0.3 is 5.32 Å². The van der Waals surface area contributed by atoms with Crippen molar-refractivity contribution >= 4 is 11.8 Å². The van der Waals surface area contributed by atoms with Crippen LogP contribution in [-0.2, 0) is 0 Å². The molecule has 0 radical (unpaired) electrons. The van der Waals surface area contributed by atoms with Crippen LogP contribution in [-0.4, -0.2) is 18.8 Å². The van der Waals surface area contributed by atoms with Crippen molar-refractivity contribution in [2.24, 2.45) is 0 Å². The molecular formula is C16H25NS. The Morgan fingerprint density at radius 3 is 2.89 bits per heavy atom. The van der Waals surface area contributed by atoms with E-state index < -0.39 is 0 Å². The van der Waals surface area contributed by atoms with Gasteiger partial charge in [0.15, 0.2) is 0 Å². The van der Waals surface area contributed by atoms with Gasteiger partial charge in [0.2, 0.25) is 0 Å². The summed E-state index contributed by atoms with van der Waals surface area (Å²) in [6, 6.07) is 9.57. The molecule has 0 aliphatic carbocycles. The molecule has 1 heterocycles. The molecule has 2 rings (SSSR count). The molecule has 1 aliphatic rings. The van der Waals surface area contributed by atoms with Crippen LogP contribution in [0.25, 0.3) is 0 Å². The topological polar surface area (TPSA) is 12.0 Å². The van der Waals surface area contributed by atoms with Crippen molar-refractivity contribution in [3.05, 3.63) is 29.8 Å². The fourth-order valence-corrected chi connectivity index (χ4v) is 4.19. The van der Waals surface area contributed by atoms with Gasteiger partial charge in [0.25, 0.3) is 0 Å². The van der Waals surface area contributed by atoms with Crippen molar-refractivity contribution in [2.45, 2.75) is 55.9 Å². The molecule has 0 saturated carbocycles. The third-order valence-corrected chi connectivity index (χ3v) is 5.17. The van der Waals surface area contributed by atoms with E-state index in [1.807, 2.05) is 11.8 Å². The van der Waals surface area contributed by atoms with Gasteiger partial charge in [-0.3, -0.25) is 0 Å². The lowest BCUT2D eigenvalue weighted by Gasteiger charge is -2.23. The van der Waals surface area contributed by atoms with Crippen LogP contribution >= 0.6 is 11.8 Å². The number of nitrogens with one attached hydrogen (secondary N) is 1. The van der Waals surface area contributed by atoms with Crippen molar-refractivity contribution in [1.29, 1.82) is 0 Å². The van der Waals surface area contributed by atoms with Gasteiger partial charge in [-0.1, -0.05) is 50.8 Å². The molecule has 0 saturated heterocycles. The number of unbranched alkanes of at least 4 members (excludes halogenated alkanes) is 3. The Bertz CT molecular complexity index is 364. The number of fused-ring (bicyclic) bond motifs is 1. The highest BCUT2D eigenvalue weighted by molar-refractivity contribution is 7.99. The third kappa shape index (κ3) is 3.30. The molecule has 1 nitrogen and oxygen atoms in total. The van der Waals surface area contributed by atoms with E-state index in [2.05, 4.69) is 43.6 Å². The number of hydrogen-bond donors (Lipinski definition) is 1. The SMILES string of the molecule is CCCCCCC(NC)C1CSc2ccccc21. The first-order valence-electron chi connectivity index (χ1n) is 7.25. The molecule has 1 aliphatic heterocycles. The van der Waals surface area contributed by atoms with Gasteiger partial charge in [-0.2, -0.15) is 0 Å². The quantitative estimate of drug-likeness (QED) is 0.730.